The van der Waals surface area contributed by atoms with Crippen LogP contribution >= 0.6 is 0 Å². The Hall–Kier alpha value is -1.71. The van der Waals surface area contributed by atoms with Crippen molar-refractivity contribution in [2.24, 2.45) is 0 Å². The molecule has 0 radical (unpaired) electrons. The fourth-order valence-corrected chi connectivity index (χ4v) is 2.91. The molecule has 2 rings (SSSR count). The molecule has 110 valence electrons. The van der Waals surface area contributed by atoms with Gasteiger partial charge in [0.1, 0.15) is 0 Å². The first-order valence-electron chi connectivity index (χ1n) is 6.96. The number of hydrogen-bond donors (Lipinski definition) is 0. The van der Waals surface area contributed by atoms with Crippen molar-refractivity contribution >= 4 is 5.91 Å². The average molecular weight is 277 g/mol. The summed E-state index contributed by atoms with van der Waals surface area (Å²) in [6.45, 7) is 7.60. The summed E-state index contributed by atoms with van der Waals surface area (Å²) < 4.78 is 10.7. The van der Waals surface area contributed by atoms with E-state index >= 15 is 0 Å². The fourth-order valence-electron chi connectivity index (χ4n) is 2.91. The lowest BCUT2D eigenvalue weighted by Crippen LogP contribution is -2.44. The van der Waals surface area contributed by atoms with Gasteiger partial charge in [0.2, 0.25) is 5.91 Å². The number of carbonyl (C=O) groups is 1. The second-order valence-electron chi connectivity index (χ2n) is 5.85. The molecule has 0 atom stereocenters. The molecule has 0 bridgehead atoms. The zero-order valence-electron chi connectivity index (χ0n) is 12.9. The maximum atomic E-state index is 12.0. The van der Waals surface area contributed by atoms with E-state index in [-0.39, 0.29) is 11.3 Å². The maximum absolute atomic E-state index is 12.0. The molecule has 1 heterocycles. The van der Waals surface area contributed by atoms with E-state index in [9.17, 15) is 4.79 Å². The van der Waals surface area contributed by atoms with Gasteiger partial charge in [-0.3, -0.25) is 4.79 Å². The maximum Gasteiger partial charge on any atom is 0.222 e. The standard InChI is InChI=1S/C16H23NO3/c1-6-15(18)17-9-11-7-13(19-4)14(20-5)8-12(11)16(2,3)10-17/h7-8H,6,9-10H2,1-5H3. The Morgan fingerprint density at radius 2 is 1.85 bits per heavy atom. The molecule has 4 heteroatoms. The SMILES string of the molecule is CCC(=O)N1Cc2cc(OC)c(OC)cc2C(C)(C)C1. The topological polar surface area (TPSA) is 38.8 Å². The van der Waals surface area contributed by atoms with Gasteiger partial charge in [-0.25, -0.2) is 0 Å². The highest BCUT2D eigenvalue weighted by molar-refractivity contribution is 5.76. The van der Waals surface area contributed by atoms with E-state index in [1.54, 1.807) is 14.2 Å². The van der Waals surface area contributed by atoms with Crippen LogP contribution in [-0.2, 0) is 16.8 Å². The van der Waals surface area contributed by atoms with E-state index < -0.39 is 0 Å². The highest BCUT2D eigenvalue weighted by atomic mass is 16.5. The number of carbonyl (C=O) groups excluding carboxylic acids is 1. The fraction of sp³-hybridized carbons (Fsp3) is 0.562. The molecule has 4 nitrogen and oxygen atoms in total. The first kappa shape index (κ1) is 14.7. The first-order valence-corrected chi connectivity index (χ1v) is 6.96. The van der Waals surface area contributed by atoms with Gasteiger partial charge >= 0.3 is 0 Å². The average Bonchev–Trinajstić information content (AvgIpc) is 2.44. The minimum Gasteiger partial charge on any atom is -0.493 e. The van der Waals surface area contributed by atoms with Crippen molar-refractivity contribution in [3.8, 4) is 11.5 Å². The quantitative estimate of drug-likeness (QED) is 0.852. The number of fused-ring (bicyclic) bond motifs is 1. The van der Waals surface area contributed by atoms with Crippen LogP contribution in [0.15, 0.2) is 12.1 Å². The molecule has 1 aliphatic heterocycles. The number of hydrogen-bond acceptors (Lipinski definition) is 3. The minimum absolute atomic E-state index is 0.0854. The Morgan fingerprint density at radius 3 is 2.40 bits per heavy atom. The summed E-state index contributed by atoms with van der Waals surface area (Å²) in [6, 6.07) is 4.03. The van der Waals surface area contributed by atoms with Crippen LogP contribution in [0.25, 0.3) is 0 Å². The highest BCUT2D eigenvalue weighted by Gasteiger charge is 2.34. The number of benzene rings is 1. The molecule has 1 amide bonds. The molecule has 0 saturated heterocycles. The molecule has 0 fully saturated rings. The van der Waals surface area contributed by atoms with Crippen molar-refractivity contribution in [2.75, 3.05) is 20.8 Å². The van der Waals surface area contributed by atoms with Gasteiger partial charge in [-0.15, -0.1) is 0 Å². The molecular weight excluding hydrogens is 254 g/mol. The van der Waals surface area contributed by atoms with Crippen molar-refractivity contribution in [3.63, 3.8) is 0 Å². The molecule has 0 unspecified atom stereocenters. The number of ether oxygens (including phenoxy) is 2. The van der Waals surface area contributed by atoms with Crippen molar-refractivity contribution < 1.29 is 14.3 Å². The zero-order chi connectivity index (χ0) is 14.9. The molecule has 0 spiro atoms. The van der Waals surface area contributed by atoms with Gasteiger partial charge in [-0.2, -0.15) is 0 Å². The molecule has 1 aromatic rings. The normalized spacial score (nSPS) is 16.6. The Kier molecular flexibility index (Phi) is 3.93. The van der Waals surface area contributed by atoms with E-state index in [1.807, 2.05) is 24.0 Å². The van der Waals surface area contributed by atoms with E-state index in [0.717, 1.165) is 17.9 Å². The van der Waals surface area contributed by atoms with Crippen LogP contribution in [0, 0.1) is 0 Å². The molecule has 0 aromatic heterocycles. The van der Waals surface area contributed by atoms with Crippen LogP contribution in [0.2, 0.25) is 0 Å². The molecule has 20 heavy (non-hydrogen) atoms. The lowest BCUT2D eigenvalue weighted by Gasteiger charge is -2.40. The van der Waals surface area contributed by atoms with Crippen LogP contribution in [-0.4, -0.2) is 31.6 Å². The third-order valence-electron chi connectivity index (χ3n) is 3.94. The minimum atomic E-state index is -0.0854. The molecule has 1 aromatic carbocycles. The van der Waals surface area contributed by atoms with Crippen LogP contribution in [0.5, 0.6) is 11.5 Å². The second kappa shape index (κ2) is 5.35. The van der Waals surface area contributed by atoms with Gasteiger partial charge in [0.15, 0.2) is 11.5 Å². The lowest BCUT2D eigenvalue weighted by atomic mass is 9.78. The molecular formula is C16H23NO3. The van der Waals surface area contributed by atoms with Crippen molar-refractivity contribution in [2.45, 2.75) is 39.2 Å². The molecule has 0 aliphatic carbocycles. The number of nitrogens with zero attached hydrogens (tertiary/aromatic N) is 1. The number of methoxy groups -OCH3 is 2. The smallest absolute Gasteiger partial charge is 0.222 e. The van der Waals surface area contributed by atoms with E-state index in [2.05, 4.69) is 13.8 Å². The molecule has 0 N–H and O–H groups in total. The summed E-state index contributed by atoms with van der Waals surface area (Å²) in [5.74, 6) is 1.65. The van der Waals surface area contributed by atoms with Gasteiger partial charge < -0.3 is 14.4 Å². The summed E-state index contributed by atoms with van der Waals surface area (Å²) in [5, 5.41) is 0. The van der Waals surface area contributed by atoms with Crippen LogP contribution < -0.4 is 9.47 Å². The van der Waals surface area contributed by atoms with Crippen molar-refractivity contribution in [3.05, 3.63) is 23.3 Å². The third-order valence-corrected chi connectivity index (χ3v) is 3.94. The van der Waals surface area contributed by atoms with Gasteiger partial charge in [-0.1, -0.05) is 20.8 Å². The molecule has 1 aliphatic rings. The largest absolute Gasteiger partial charge is 0.493 e. The van der Waals surface area contributed by atoms with Crippen LogP contribution in [0.3, 0.4) is 0 Å². The summed E-state index contributed by atoms with van der Waals surface area (Å²) >= 11 is 0. The van der Waals surface area contributed by atoms with Gasteiger partial charge in [0, 0.05) is 24.9 Å². The Morgan fingerprint density at radius 1 is 1.25 bits per heavy atom. The van der Waals surface area contributed by atoms with Crippen molar-refractivity contribution in [1.82, 2.24) is 4.90 Å². The third kappa shape index (κ3) is 2.47. The van der Waals surface area contributed by atoms with Crippen molar-refractivity contribution in [1.29, 1.82) is 0 Å². The van der Waals surface area contributed by atoms with E-state index in [0.29, 0.717) is 18.7 Å². The van der Waals surface area contributed by atoms with Gasteiger partial charge in [0.05, 0.1) is 14.2 Å². The van der Waals surface area contributed by atoms with E-state index in [1.165, 1.54) is 5.56 Å². The Balaban J connectivity index is 2.48. The highest BCUT2D eigenvalue weighted by Crippen LogP contribution is 2.40. The summed E-state index contributed by atoms with van der Waals surface area (Å²) in [4.78, 5) is 13.9. The first-order chi connectivity index (χ1) is 9.42. The van der Waals surface area contributed by atoms with Gasteiger partial charge in [0.25, 0.3) is 0 Å². The number of rotatable bonds is 3. The van der Waals surface area contributed by atoms with Crippen LogP contribution in [0.4, 0.5) is 0 Å². The Labute approximate surface area is 120 Å². The molecule has 0 saturated carbocycles. The van der Waals surface area contributed by atoms with Gasteiger partial charge in [-0.05, 0) is 23.3 Å². The Bertz CT molecular complexity index is 523. The zero-order valence-corrected chi connectivity index (χ0v) is 12.9. The second-order valence-corrected chi connectivity index (χ2v) is 5.85. The summed E-state index contributed by atoms with van der Waals surface area (Å²) in [6.07, 6.45) is 0.540. The predicted molar refractivity (Wildman–Crippen MR) is 78.3 cm³/mol. The van der Waals surface area contributed by atoms with E-state index in [4.69, 9.17) is 9.47 Å². The van der Waals surface area contributed by atoms with Crippen LogP contribution in [0.1, 0.15) is 38.3 Å². The number of amides is 1. The summed E-state index contributed by atoms with van der Waals surface area (Å²) in [7, 11) is 3.28. The monoisotopic (exact) mass is 277 g/mol. The predicted octanol–water partition coefficient (Wildman–Crippen LogP) is 2.73. The summed E-state index contributed by atoms with van der Waals surface area (Å²) in [5.41, 5.74) is 2.29. The lowest BCUT2D eigenvalue weighted by molar-refractivity contribution is -0.132.